The van der Waals surface area contributed by atoms with Gasteiger partial charge in [-0.1, -0.05) is 34.8 Å². The second-order valence-corrected chi connectivity index (χ2v) is 8.30. The highest BCUT2D eigenvalue weighted by Crippen LogP contribution is 2.32. The van der Waals surface area contributed by atoms with Crippen LogP contribution in [0.25, 0.3) is 0 Å². The van der Waals surface area contributed by atoms with Crippen LogP contribution in [-0.4, -0.2) is 34.0 Å². The Morgan fingerprint density at radius 2 is 1.65 bits per heavy atom. The first-order chi connectivity index (χ1) is 12.2. The fourth-order valence-electron chi connectivity index (χ4n) is 1.92. The average Bonchev–Trinajstić information content (AvgIpc) is 2.58. The Kier molecular flexibility index (Phi) is 7.00. The zero-order valence-electron chi connectivity index (χ0n) is 13.5. The summed E-state index contributed by atoms with van der Waals surface area (Å²) in [7, 11) is -2.28. The Balaban J connectivity index is 1.93. The molecular formula is C16H14Cl3NO5S. The fraction of sp³-hybridized carbons (Fsp3) is 0.188. The third-order valence-electron chi connectivity index (χ3n) is 3.23. The van der Waals surface area contributed by atoms with E-state index in [1.54, 1.807) is 24.3 Å². The number of ether oxygens (including phenoxy) is 2. The first-order valence-electron chi connectivity index (χ1n) is 7.18. The highest BCUT2D eigenvalue weighted by atomic mass is 35.5. The zero-order chi connectivity index (χ0) is 19.3. The Labute approximate surface area is 165 Å². The standard InChI is InChI=1S/C16H14Cl3NO5S/c1-24-11-4-2-10(3-5-11)20-16(21)25-6-7-26(22,23)15-9-13(18)12(17)8-14(15)19/h2-5,8-9H,6-7H2,1H3,(H,20,21). The van der Waals surface area contributed by atoms with E-state index in [1.165, 1.54) is 19.2 Å². The molecule has 0 saturated carbocycles. The SMILES string of the molecule is COc1ccc(NC(=O)OCCS(=O)(=O)c2cc(Cl)c(Cl)cc2Cl)cc1. The van der Waals surface area contributed by atoms with Gasteiger partial charge in [-0.2, -0.15) is 0 Å². The first-order valence-corrected chi connectivity index (χ1v) is 9.96. The molecule has 2 aromatic carbocycles. The van der Waals surface area contributed by atoms with Gasteiger partial charge < -0.3 is 9.47 Å². The lowest BCUT2D eigenvalue weighted by molar-refractivity contribution is 0.168. The molecule has 0 bridgehead atoms. The summed E-state index contributed by atoms with van der Waals surface area (Å²) in [6.07, 6.45) is -0.786. The van der Waals surface area contributed by atoms with Crippen LogP contribution >= 0.6 is 34.8 Å². The molecule has 6 nitrogen and oxygen atoms in total. The van der Waals surface area contributed by atoms with E-state index in [1.807, 2.05) is 0 Å². The van der Waals surface area contributed by atoms with E-state index < -0.39 is 21.7 Å². The van der Waals surface area contributed by atoms with E-state index in [4.69, 9.17) is 44.3 Å². The molecule has 0 heterocycles. The van der Waals surface area contributed by atoms with Crippen molar-refractivity contribution in [1.29, 1.82) is 0 Å². The number of carbonyl (C=O) groups is 1. The second-order valence-electron chi connectivity index (χ2n) is 5.01. The van der Waals surface area contributed by atoms with Gasteiger partial charge in [-0.15, -0.1) is 0 Å². The van der Waals surface area contributed by atoms with Crippen LogP contribution in [-0.2, 0) is 14.6 Å². The molecule has 0 aliphatic heterocycles. The van der Waals surface area contributed by atoms with Crippen LogP contribution in [0.5, 0.6) is 5.75 Å². The molecule has 0 fully saturated rings. The Morgan fingerprint density at radius 1 is 1.04 bits per heavy atom. The smallest absolute Gasteiger partial charge is 0.411 e. The molecule has 10 heteroatoms. The number of rotatable bonds is 6. The van der Waals surface area contributed by atoms with Crippen LogP contribution in [0.2, 0.25) is 15.1 Å². The molecule has 0 aliphatic carbocycles. The van der Waals surface area contributed by atoms with E-state index >= 15 is 0 Å². The normalized spacial score (nSPS) is 11.1. The van der Waals surface area contributed by atoms with Crippen molar-refractivity contribution in [2.75, 3.05) is 24.8 Å². The molecule has 0 radical (unpaired) electrons. The molecule has 0 unspecified atom stereocenters. The number of hydrogen-bond acceptors (Lipinski definition) is 5. The summed E-state index contributed by atoms with van der Waals surface area (Å²) in [5, 5.41) is 2.62. The Hall–Kier alpha value is -1.67. The Morgan fingerprint density at radius 3 is 2.27 bits per heavy atom. The van der Waals surface area contributed by atoms with Crippen LogP contribution in [0.15, 0.2) is 41.3 Å². The molecule has 0 aliphatic rings. The minimum absolute atomic E-state index is 0.0536. The number of sulfone groups is 1. The maximum Gasteiger partial charge on any atom is 0.411 e. The molecule has 0 saturated heterocycles. The van der Waals surface area contributed by atoms with Crippen LogP contribution in [0.3, 0.4) is 0 Å². The van der Waals surface area contributed by atoms with Crippen LogP contribution in [0.1, 0.15) is 0 Å². The third-order valence-corrected chi connectivity index (χ3v) is 6.09. The van der Waals surface area contributed by atoms with Crippen LogP contribution < -0.4 is 10.1 Å². The zero-order valence-corrected chi connectivity index (χ0v) is 16.5. The molecule has 26 heavy (non-hydrogen) atoms. The monoisotopic (exact) mass is 437 g/mol. The fourth-order valence-corrected chi connectivity index (χ4v) is 4.07. The van der Waals surface area contributed by atoms with Gasteiger partial charge in [0, 0.05) is 5.69 Å². The minimum Gasteiger partial charge on any atom is -0.497 e. The van der Waals surface area contributed by atoms with Gasteiger partial charge in [0.25, 0.3) is 0 Å². The van der Waals surface area contributed by atoms with Gasteiger partial charge in [0.05, 0.1) is 32.8 Å². The highest BCUT2D eigenvalue weighted by molar-refractivity contribution is 7.91. The van der Waals surface area contributed by atoms with Crippen molar-refractivity contribution >= 4 is 56.4 Å². The van der Waals surface area contributed by atoms with E-state index in [2.05, 4.69) is 5.32 Å². The van der Waals surface area contributed by atoms with Crippen LogP contribution in [0.4, 0.5) is 10.5 Å². The molecule has 1 N–H and O–H groups in total. The van der Waals surface area contributed by atoms with E-state index in [0.717, 1.165) is 0 Å². The van der Waals surface area contributed by atoms with Gasteiger partial charge in [-0.05, 0) is 36.4 Å². The lowest BCUT2D eigenvalue weighted by atomic mass is 10.3. The number of benzene rings is 2. The molecule has 140 valence electrons. The van der Waals surface area contributed by atoms with Crippen molar-refractivity contribution < 1.29 is 22.7 Å². The van der Waals surface area contributed by atoms with Crippen molar-refractivity contribution in [2.45, 2.75) is 4.90 Å². The quantitative estimate of drug-likeness (QED) is 0.662. The number of halogens is 3. The van der Waals surface area contributed by atoms with Crippen molar-refractivity contribution in [3.8, 4) is 5.75 Å². The van der Waals surface area contributed by atoms with Gasteiger partial charge in [0.15, 0.2) is 9.84 Å². The van der Waals surface area contributed by atoms with Crippen molar-refractivity contribution in [1.82, 2.24) is 0 Å². The van der Waals surface area contributed by atoms with Gasteiger partial charge in [-0.25, -0.2) is 13.2 Å². The predicted octanol–water partition coefficient (Wildman–Crippen LogP) is 4.68. The number of hydrogen-bond donors (Lipinski definition) is 1. The van der Waals surface area contributed by atoms with Gasteiger partial charge in [0.1, 0.15) is 12.4 Å². The number of amides is 1. The van der Waals surface area contributed by atoms with Gasteiger partial charge in [-0.3, -0.25) is 5.32 Å². The molecule has 2 rings (SSSR count). The number of nitrogens with one attached hydrogen (secondary N) is 1. The van der Waals surface area contributed by atoms with Gasteiger partial charge in [0.2, 0.25) is 0 Å². The molecule has 0 spiro atoms. The summed E-state index contributed by atoms with van der Waals surface area (Å²) < 4.78 is 34.5. The summed E-state index contributed by atoms with van der Waals surface area (Å²) in [5.74, 6) is 0.175. The van der Waals surface area contributed by atoms with E-state index in [0.29, 0.717) is 11.4 Å². The summed E-state index contributed by atoms with van der Waals surface area (Å²) in [6.45, 7) is -0.360. The molecular weight excluding hydrogens is 425 g/mol. The minimum atomic E-state index is -3.80. The lowest BCUT2D eigenvalue weighted by Gasteiger charge is -2.10. The summed E-state index contributed by atoms with van der Waals surface area (Å²) >= 11 is 17.5. The summed E-state index contributed by atoms with van der Waals surface area (Å²) in [5.41, 5.74) is 0.478. The molecule has 1 amide bonds. The molecule has 0 aromatic heterocycles. The maximum absolute atomic E-state index is 12.3. The van der Waals surface area contributed by atoms with Crippen molar-refractivity contribution in [3.63, 3.8) is 0 Å². The average molecular weight is 439 g/mol. The summed E-state index contributed by atoms with van der Waals surface area (Å²) in [4.78, 5) is 11.6. The Bertz CT molecular complexity index is 901. The lowest BCUT2D eigenvalue weighted by Crippen LogP contribution is -2.19. The van der Waals surface area contributed by atoms with Crippen LogP contribution in [0, 0.1) is 0 Å². The van der Waals surface area contributed by atoms with E-state index in [9.17, 15) is 13.2 Å². The number of methoxy groups -OCH3 is 1. The largest absolute Gasteiger partial charge is 0.497 e. The number of carbonyl (C=O) groups excluding carboxylic acids is 1. The predicted molar refractivity (Wildman–Crippen MR) is 101 cm³/mol. The molecule has 0 atom stereocenters. The highest BCUT2D eigenvalue weighted by Gasteiger charge is 2.20. The summed E-state index contributed by atoms with van der Waals surface area (Å²) in [6, 6.07) is 8.96. The maximum atomic E-state index is 12.3. The topological polar surface area (TPSA) is 81.7 Å². The van der Waals surface area contributed by atoms with Gasteiger partial charge >= 0.3 is 6.09 Å². The third kappa shape index (κ3) is 5.41. The van der Waals surface area contributed by atoms with E-state index in [-0.39, 0.29) is 26.6 Å². The first kappa shape index (κ1) is 20.6. The van der Waals surface area contributed by atoms with Crippen molar-refractivity contribution in [3.05, 3.63) is 51.5 Å². The van der Waals surface area contributed by atoms with Crippen molar-refractivity contribution in [2.24, 2.45) is 0 Å². The second kappa shape index (κ2) is 8.81. The molecule has 2 aromatic rings. The number of anilines is 1.